The highest BCUT2D eigenvalue weighted by Gasteiger charge is 2.26. The van der Waals surface area contributed by atoms with Crippen molar-refractivity contribution in [2.24, 2.45) is 0 Å². The molecule has 1 amide bonds. The quantitative estimate of drug-likeness (QED) is 0.721. The lowest BCUT2D eigenvalue weighted by atomic mass is 10.1. The topological polar surface area (TPSA) is 83.0 Å². The Morgan fingerprint density at radius 2 is 2.04 bits per heavy atom. The number of fused-ring (bicyclic) bond motifs is 1. The van der Waals surface area contributed by atoms with E-state index in [0.717, 1.165) is 11.5 Å². The highest BCUT2D eigenvalue weighted by molar-refractivity contribution is 5.94. The van der Waals surface area contributed by atoms with Gasteiger partial charge in [0.1, 0.15) is 23.2 Å². The van der Waals surface area contributed by atoms with Crippen molar-refractivity contribution in [2.45, 2.75) is 13.0 Å². The molecule has 2 aromatic heterocycles. The van der Waals surface area contributed by atoms with Crippen molar-refractivity contribution in [1.29, 1.82) is 5.26 Å². The number of hydrogen-bond donors (Lipinski definition) is 0. The summed E-state index contributed by atoms with van der Waals surface area (Å²) in [4.78, 5) is 23.1. The lowest BCUT2D eigenvalue weighted by Crippen LogP contribution is -2.35. The molecule has 6 nitrogen and oxygen atoms in total. The third kappa shape index (κ3) is 2.88. The summed E-state index contributed by atoms with van der Waals surface area (Å²) in [7, 11) is 0. The van der Waals surface area contributed by atoms with Gasteiger partial charge in [-0.1, -0.05) is 18.2 Å². The Balaban J connectivity index is 1.57. The fraction of sp³-hybridized carbons (Fsp3) is 0.158. The lowest BCUT2D eigenvalue weighted by molar-refractivity contribution is 0.0728. The van der Waals surface area contributed by atoms with Gasteiger partial charge in [-0.15, -0.1) is 0 Å². The summed E-state index contributed by atoms with van der Waals surface area (Å²) < 4.78 is 5.80. The van der Waals surface area contributed by atoms with Crippen molar-refractivity contribution in [3.63, 3.8) is 0 Å². The average Bonchev–Trinajstić information content (AvgIpc) is 3.11. The minimum atomic E-state index is -0.00713. The van der Waals surface area contributed by atoms with E-state index < -0.39 is 0 Å². The summed E-state index contributed by atoms with van der Waals surface area (Å²) in [5.41, 5.74) is 2.49. The van der Waals surface area contributed by atoms with Crippen molar-refractivity contribution in [2.75, 3.05) is 6.54 Å². The SMILES string of the molecule is N#Cc1ccc(-c2nc3c(o2)CCN(C(=O)c2ccccc2)C3)nc1. The number of benzene rings is 1. The molecule has 0 aliphatic carbocycles. The van der Waals surface area contributed by atoms with Gasteiger partial charge in [-0.05, 0) is 24.3 Å². The zero-order chi connectivity index (χ0) is 17.2. The van der Waals surface area contributed by atoms with E-state index in [1.807, 2.05) is 36.4 Å². The highest BCUT2D eigenvalue weighted by Crippen LogP contribution is 2.26. The Morgan fingerprint density at radius 3 is 2.76 bits per heavy atom. The normalized spacial score (nSPS) is 13.2. The van der Waals surface area contributed by atoms with Crippen molar-refractivity contribution in [3.8, 4) is 17.7 Å². The number of carbonyl (C=O) groups excluding carboxylic acids is 1. The first kappa shape index (κ1) is 15.1. The molecule has 0 N–H and O–H groups in total. The molecule has 3 heterocycles. The van der Waals surface area contributed by atoms with Gasteiger partial charge in [0.05, 0.1) is 12.1 Å². The molecule has 0 bridgehead atoms. The molecule has 1 aliphatic heterocycles. The first-order chi connectivity index (χ1) is 12.2. The van der Waals surface area contributed by atoms with E-state index in [1.165, 1.54) is 6.20 Å². The van der Waals surface area contributed by atoms with Crippen molar-refractivity contribution in [3.05, 3.63) is 71.2 Å². The van der Waals surface area contributed by atoms with Gasteiger partial charge >= 0.3 is 0 Å². The Bertz CT molecular complexity index is 955. The monoisotopic (exact) mass is 330 g/mol. The van der Waals surface area contributed by atoms with Gasteiger partial charge in [0.2, 0.25) is 5.89 Å². The van der Waals surface area contributed by atoms with E-state index in [9.17, 15) is 4.79 Å². The van der Waals surface area contributed by atoms with Crippen LogP contribution in [0.3, 0.4) is 0 Å². The molecular formula is C19H14N4O2. The molecule has 1 aliphatic rings. The summed E-state index contributed by atoms with van der Waals surface area (Å²) in [5.74, 6) is 1.20. The summed E-state index contributed by atoms with van der Waals surface area (Å²) >= 11 is 0. The number of nitrogens with zero attached hydrogens (tertiary/aromatic N) is 4. The molecule has 0 atom stereocenters. The van der Waals surface area contributed by atoms with E-state index >= 15 is 0 Å². The number of hydrogen-bond acceptors (Lipinski definition) is 5. The molecule has 0 fully saturated rings. The second kappa shape index (κ2) is 6.21. The molecule has 1 aromatic carbocycles. The van der Waals surface area contributed by atoms with Crippen LogP contribution in [0.4, 0.5) is 0 Å². The largest absolute Gasteiger partial charge is 0.439 e. The van der Waals surface area contributed by atoms with Crippen molar-refractivity contribution < 1.29 is 9.21 Å². The van der Waals surface area contributed by atoms with Gasteiger partial charge in [0.15, 0.2) is 0 Å². The number of aromatic nitrogens is 2. The molecular weight excluding hydrogens is 316 g/mol. The van der Waals surface area contributed by atoms with Crippen LogP contribution in [-0.4, -0.2) is 27.3 Å². The van der Waals surface area contributed by atoms with Crippen molar-refractivity contribution in [1.82, 2.24) is 14.9 Å². The van der Waals surface area contributed by atoms with E-state index in [2.05, 4.69) is 9.97 Å². The van der Waals surface area contributed by atoms with Gasteiger partial charge in [-0.25, -0.2) is 9.97 Å². The molecule has 122 valence electrons. The molecule has 0 radical (unpaired) electrons. The van der Waals surface area contributed by atoms with Gasteiger partial charge in [0.25, 0.3) is 5.91 Å². The second-order valence-electron chi connectivity index (χ2n) is 5.78. The van der Waals surface area contributed by atoms with Crippen LogP contribution in [0.5, 0.6) is 0 Å². The summed E-state index contributed by atoms with van der Waals surface area (Å²) in [5, 5.41) is 8.84. The zero-order valence-corrected chi connectivity index (χ0v) is 13.3. The Morgan fingerprint density at radius 1 is 1.20 bits per heavy atom. The van der Waals surface area contributed by atoms with Crippen molar-refractivity contribution >= 4 is 5.91 Å². The molecule has 0 spiro atoms. The molecule has 0 unspecified atom stereocenters. The van der Waals surface area contributed by atoms with Gasteiger partial charge in [0, 0.05) is 24.7 Å². The Hall–Kier alpha value is -3.46. The predicted molar refractivity (Wildman–Crippen MR) is 89.3 cm³/mol. The second-order valence-corrected chi connectivity index (χ2v) is 5.78. The van der Waals surface area contributed by atoms with Crippen LogP contribution in [0, 0.1) is 11.3 Å². The minimum absolute atomic E-state index is 0.00713. The summed E-state index contributed by atoms with van der Waals surface area (Å²) in [6.45, 7) is 1.01. The van der Waals surface area contributed by atoms with E-state index in [0.29, 0.717) is 42.2 Å². The first-order valence-corrected chi connectivity index (χ1v) is 7.94. The molecule has 3 aromatic rings. The van der Waals surface area contributed by atoms with Crippen LogP contribution in [0.15, 0.2) is 53.1 Å². The number of nitriles is 1. The number of amides is 1. The lowest BCUT2D eigenvalue weighted by Gasteiger charge is -2.25. The highest BCUT2D eigenvalue weighted by atomic mass is 16.4. The molecule has 4 rings (SSSR count). The van der Waals surface area contributed by atoms with Crippen LogP contribution in [0.1, 0.15) is 27.4 Å². The fourth-order valence-electron chi connectivity index (χ4n) is 2.83. The van der Waals surface area contributed by atoms with E-state index in [1.54, 1.807) is 17.0 Å². The van der Waals surface area contributed by atoms with Crippen LogP contribution in [0.2, 0.25) is 0 Å². The minimum Gasteiger partial charge on any atom is -0.439 e. The maximum absolute atomic E-state index is 12.6. The van der Waals surface area contributed by atoms with Crippen LogP contribution in [-0.2, 0) is 13.0 Å². The summed E-state index contributed by atoms with van der Waals surface area (Å²) in [6.07, 6.45) is 2.11. The molecule has 6 heteroatoms. The smallest absolute Gasteiger partial charge is 0.254 e. The fourth-order valence-corrected chi connectivity index (χ4v) is 2.83. The van der Waals surface area contributed by atoms with Crippen LogP contribution < -0.4 is 0 Å². The Kier molecular flexibility index (Phi) is 3.75. The van der Waals surface area contributed by atoms with E-state index in [-0.39, 0.29) is 5.91 Å². The standard InChI is InChI=1S/C19H14N4O2/c20-10-13-6-7-15(21-11-13)18-22-16-12-23(9-8-17(16)25-18)19(24)14-4-2-1-3-5-14/h1-7,11H,8-9,12H2. The molecule has 25 heavy (non-hydrogen) atoms. The maximum Gasteiger partial charge on any atom is 0.254 e. The van der Waals surface area contributed by atoms with Gasteiger partial charge < -0.3 is 9.32 Å². The number of rotatable bonds is 2. The van der Waals surface area contributed by atoms with E-state index in [4.69, 9.17) is 9.68 Å². The predicted octanol–water partition coefficient (Wildman–Crippen LogP) is 2.81. The average molecular weight is 330 g/mol. The zero-order valence-electron chi connectivity index (χ0n) is 13.3. The maximum atomic E-state index is 12.6. The van der Waals surface area contributed by atoms with Gasteiger partial charge in [-0.3, -0.25) is 4.79 Å². The third-order valence-electron chi connectivity index (χ3n) is 4.15. The number of oxazole rings is 1. The van der Waals surface area contributed by atoms with Crippen LogP contribution in [0.25, 0.3) is 11.6 Å². The number of carbonyl (C=O) groups is 1. The number of pyridine rings is 1. The molecule has 0 saturated heterocycles. The van der Waals surface area contributed by atoms with Gasteiger partial charge in [-0.2, -0.15) is 5.26 Å². The first-order valence-electron chi connectivity index (χ1n) is 7.94. The van der Waals surface area contributed by atoms with Crippen LogP contribution >= 0.6 is 0 Å². The third-order valence-corrected chi connectivity index (χ3v) is 4.15. The Labute approximate surface area is 144 Å². The summed E-state index contributed by atoms with van der Waals surface area (Å²) in [6, 6.07) is 14.6. The molecule has 0 saturated carbocycles.